The van der Waals surface area contributed by atoms with Gasteiger partial charge in [-0.3, -0.25) is 10.3 Å². The molecule has 1 aliphatic rings. The average Bonchev–Trinajstić information content (AvgIpc) is 2.00. The number of aliphatic imine (C=N–C) groups is 1. The van der Waals surface area contributed by atoms with Gasteiger partial charge < -0.3 is 4.74 Å². The maximum absolute atomic E-state index is 11.6. The first-order valence-corrected chi connectivity index (χ1v) is 3.37. The average molecular weight is 196 g/mol. The predicted molar refractivity (Wildman–Crippen MR) is 37.1 cm³/mol. The Labute approximate surface area is 71.9 Å². The van der Waals surface area contributed by atoms with Gasteiger partial charge in [-0.15, -0.1) is 0 Å². The summed E-state index contributed by atoms with van der Waals surface area (Å²) < 4.78 is 39.1. The largest absolute Gasteiger partial charge is 0.467 e. The minimum Gasteiger partial charge on any atom is -0.467 e. The SMILES string of the molecule is ON1C=C(OCC(F)(F)F)N=CC1. The summed E-state index contributed by atoms with van der Waals surface area (Å²) in [4.78, 5) is 3.50. The maximum atomic E-state index is 11.6. The molecule has 0 bridgehead atoms. The van der Waals surface area contributed by atoms with E-state index < -0.39 is 12.8 Å². The molecule has 0 aromatic carbocycles. The Bertz CT molecular complexity index is 237. The summed E-state index contributed by atoms with van der Waals surface area (Å²) in [6, 6.07) is 0. The fraction of sp³-hybridized carbons (Fsp3) is 0.500. The van der Waals surface area contributed by atoms with E-state index in [-0.39, 0.29) is 12.4 Å². The van der Waals surface area contributed by atoms with Crippen LogP contribution in [0.5, 0.6) is 0 Å². The second-order valence-electron chi connectivity index (χ2n) is 2.30. The van der Waals surface area contributed by atoms with Crippen LogP contribution < -0.4 is 0 Å². The van der Waals surface area contributed by atoms with Crippen LogP contribution in [0.1, 0.15) is 0 Å². The van der Waals surface area contributed by atoms with Gasteiger partial charge in [0.1, 0.15) is 0 Å². The molecular weight excluding hydrogens is 189 g/mol. The number of rotatable bonds is 2. The van der Waals surface area contributed by atoms with Crippen LogP contribution in [0, 0.1) is 0 Å². The van der Waals surface area contributed by atoms with Crippen molar-refractivity contribution >= 4 is 6.21 Å². The maximum Gasteiger partial charge on any atom is 0.422 e. The Hall–Kier alpha value is -1.24. The van der Waals surface area contributed by atoms with Gasteiger partial charge in [0.25, 0.3) is 0 Å². The van der Waals surface area contributed by atoms with Crippen LogP contribution in [0.25, 0.3) is 0 Å². The predicted octanol–water partition coefficient (Wildman–Crippen LogP) is 1.14. The lowest BCUT2D eigenvalue weighted by Gasteiger charge is -2.15. The second-order valence-corrected chi connectivity index (χ2v) is 2.30. The molecule has 0 atom stereocenters. The highest BCUT2D eigenvalue weighted by Crippen LogP contribution is 2.17. The van der Waals surface area contributed by atoms with Gasteiger partial charge in [-0.25, -0.2) is 4.99 Å². The molecule has 1 N–H and O–H groups in total. The van der Waals surface area contributed by atoms with Gasteiger partial charge in [0.15, 0.2) is 6.61 Å². The van der Waals surface area contributed by atoms with Crippen molar-refractivity contribution in [3.8, 4) is 0 Å². The first-order chi connectivity index (χ1) is 5.97. The summed E-state index contributed by atoms with van der Waals surface area (Å²) in [5.41, 5.74) is 0. The Morgan fingerprint density at radius 2 is 2.31 bits per heavy atom. The van der Waals surface area contributed by atoms with Gasteiger partial charge in [-0.05, 0) is 0 Å². The van der Waals surface area contributed by atoms with Gasteiger partial charge in [0.2, 0.25) is 5.88 Å². The van der Waals surface area contributed by atoms with Crippen molar-refractivity contribution in [2.75, 3.05) is 13.2 Å². The molecule has 0 saturated carbocycles. The lowest BCUT2D eigenvalue weighted by atomic mass is 10.6. The topological polar surface area (TPSA) is 45.1 Å². The summed E-state index contributed by atoms with van der Waals surface area (Å²) in [7, 11) is 0. The van der Waals surface area contributed by atoms with Crippen LogP contribution in [0.3, 0.4) is 0 Å². The molecule has 13 heavy (non-hydrogen) atoms. The summed E-state index contributed by atoms with van der Waals surface area (Å²) in [5.74, 6) is -0.258. The van der Waals surface area contributed by atoms with E-state index in [0.29, 0.717) is 5.06 Å². The Morgan fingerprint density at radius 1 is 1.62 bits per heavy atom. The zero-order chi connectivity index (χ0) is 9.90. The minimum atomic E-state index is -4.39. The zero-order valence-corrected chi connectivity index (χ0v) is 6.45. The van der Waals surface area contributed by atoms with Gasteiger partial charge in [-0.2, -0.15) is 13.2 Å². The number of hydroxylamine groups is 2. The van der Waals surface area contributed by atoms with Crippen LogP contribution in [0.15, 0.2) is 17.1 Å². The standard InChI is InChI=1S/C6H7F3N2O2/c7-6(8,9)4-13-5-3-11(12)2-1-10-5/h1,3,12H,2,4H2. The molecule has 1 heterocycles. The highest BCUT2D eigenvalue weighted by molar-refractivity contribution is 5.62. The normalized spacial score (nSPS) is 17.2. The van der Waals surface area contributed by atoms with Crippen molar-refractivity contribution in [3.63, 3.8) is 0 Å². The quantitative estimate of drug-likeness (QED) is 0.720. The van der Waals surface area contributed by atoms with Crippen molar-refractivity contribution in [1.82, 2.24) is 5.06 Å². The fourth-order valence-corrected chi connectivity index (χ4v) is 0.658. The molecule has 7 heteroatoms. The van der Waals surface area contributed by atoms with E-state index in [1.54, 1.807) is 0 Å². The third kappa shape index (κ3) is 3.79. The molecule has 0 aromatic rings. The number of halogens is 3. The highest BCUT2D eigenvalue weighted by Gasteiger charge is 2.29. The van der Waals surface area contributed by atoms with Crippen molar-refractivity contribution in [2.24, 2.45) is 4.99 Å². The third-order valence-electron chi connectivity index (χ3n) is 1.13. The summed E-state index contributed by atoms with van der Waals surface area (Å²) in [6.45, 7) is -1.27. The Kier molecular flexibility index (Phi) is 2.76. The van der Waals surface area contributed by atoms with Crippen molar-refractivity contribution in [2.45, 2.75) is 6.18 Å². The van der Waals surface area contributed by atoms with Crippen LogP contribution in [0.4, 0.5) is 13.2 Å². The van der Waals surface area contributed by atoms with E-state index in [1.165, 1.54) is 6.21 Å². The number of nitrogens with zero attached hydrogens (tertiary/aromatic N) is 2. The Morgan fingerprint density at radius 3 is 2.85 bits per heavy atom. The molecule has 74 valence electrons. The van der Waals surface area contributed by atoms with Crippen LogP contribution >= 0.6 is 0 Å². The Balaban J connectivity index is 2.41. The third-order valence-corrected chi connectivity index (χ3v) is 1.13. The number of alkyl halides is 3. The van der Waals surface area contributed by atoms with Crippen LogP contribution in [-0.2, 0) is 4.74 Å². The van der Waals surface area contributed by atoms with E-state index in [9.17, 15) is 13.2 Å². The molecule has 0 radical (unpaired) electrons. The van der Waals surface area contributed by atoms with Gasteiger partial charge >= 0.3 is 6.18 Å². The second kappa shape index (κ2) is 3.65. The van der Waals surface area contributed by atoms with Crippen LogP contribution in [-0.4, -0.2) is 35.8 Å². The molecule has 0 amide bonds. The van der Waals surface area contributed by atoms with E-state index in [4.69, 9.17) is 5.21 Å². The number of hydrogen-bond donors (Lipinski definition) is 1. The summed E-state index contributed by atoms with van der Waals surface area (Å²) in [5, 5.41) is 9.49. The molecule has 0 spiro atoms. The molecule has 0 aromatic heterocycles. The van der Waals surface area contributed by atoms with Crippen molar-refractivity contribution in [3.05, 3.63) is 12.1 Å². The summed E-state index contributed by atoms with van der Waals surface area (Å²) >= 11 is 0. The fourth-order valence-electron chi connectivity index (χ4n) is 0.658. The molecule has 0 saturated heterocycles. The molecule has 4 nitrogen and oxygen atoms in total. The van der Waals surface area contributed by atoms with Crippen LogP contribution in [0.2, 0.25) is 0 Å². The molecular formula is C6H7F3N2O2. The number of ether oxygens (including phenoxy) is 1. The van der Waals surface area contributed by atoms with E-state index in [1.807, 2.05) is 0 Å². The van der Waals surface area contributed by atoms with E-state index in [0.717, 1.165) is 6.20 Å². The molecule has 0 unspecified atom stereocenters. The smallest absolute Gasteiger partial charge is 0.422 e. The van der Waals surface area contributed by atoms with Gasteiger partial charge in [-0.1, -0.05) is 0 Å². The molecule has 0 aliphatic carbocycles. The van der Waals surface area contributed by atoms with Gasteiger partial charge in [0.05, 0.1) is 12.7 Å². The summed E-state index contributed by atoms with van der Waals surface area (Å²) in [6.07, 6.45) is -2.18. The lowest BCUT2D eigenvalue weighted by Crippen LogP contribution is -2.22. The minimum absolute atomic E-state index is 0.138. The number of hydrogen-bond acceptors (Lipinski definition) is 4. The van der Waals surface area contributed by atoms with E-state index >= 15 is 0 Å². The van der Waals surface area contributed by atoms with Gasteiger partial charge in [0, 0.05) is 6.21 Å². The molecule has 0 fully saturated rings. The monoisotopic (exact) mass is 196 g/mol. The molecule has 1 aliphatic heterocycles. The van der Waals surface area contributed by atoms with E-state index in [2.05, 4.69) is 9.73 Å². The highest BCUT2D eigenvalue weighted by atomic mass is 19.4. The van der Waals surface area contributed by atoms with Crippen molar-refractivity contribution < 1.29 is 23.1 Å². The zero-order valence-electron chi connectivity index (χ0n) is 6.45. The first kappa shape index (κ1) is 9.85. The first-order valence-electron chi connectivity index (χ1n) is 3.37. The van der Waals surface area contributed by atoms with Crippen molar-refractivity contribution in [1.29, 1.82) is 0 Å². The lowest BCUT2D eigenvalue weighted by molar-refractivity contribution is -0.166. The molecule has 1 rings (SSSR count).